The number of carboxylic acids is 1. The van der Waals surface area contributed by atoms with Crippen molar-refractivity contribution in [1.82, 2.24) is 9.80 Å². The van der Waals surface area contributed by atoms with E-state index in [2.05, 4.69) is 0 Å². The lowest BCUT2D eigenvalue weighted by Crippen LogP contribution is -2.44. The van der Waals surface area contributed by atoms with Gasteiger partial charge < -0.3 is 20.0 Å². The predicted molar refractivity (Wildman–Crippen MR) is 59.5 cm³/mol. The molecule has 18 heavy (non-hydrogen) atoms. The largest absolute Gasteiger partial charge is 0.480 e. The van der Waals surface area contributed by atoms with E-state index < -0.39 is 24.0 Å². The Morgan fingerprint density at radius 2 is 2.00 bits per heavy atom. The van der Waals surface area contributed by atoms with Gasteiger partial charge in [0.2, 0.25) is 11.8 Å². The molecule has 2 aliphatic rings. The van der Waals surface area contributed by atoms with E-state index in [1.807, 2.05) is 0 Å². The van der Waals surface area contributed by atoms with Crippen LogP contribution in [0.2, 0.25) is 0 Å². The number of aliphatic hydroxyl groups is 1. The highest BCUT2D eigenvalue weighted by Gasteiger charge is 2.43. The summed E-state index contributed by atoms with van der Waals surface area (Å²) in [6.07, 6.45) is -0.629. The zero-order valence-corrected chi connectivity index (χ0v) is 10.1. The quantitative estimate of drug-likeness (QED) is 0.627. The first-order valence-electron chi connectivity index (χ1n) is 5.85. The smallest absolute Gasteiger partial charge is 0.326 e. The van der Waals surface area contributed by atoms with Gasteiger partial charge in [-0.25, -0.2) is 4.79 Å². The molecule has 3 atom stereocenters. The molecule has 3 unspecified atom stereocenters. The number of aliphatic hydroxyl groups excluding tert-OH is 1. The molecular weight excluding hydrogens is 240 g/mol. The van der Waals surface area contributed by atoms with E-state index in [0.29, 0.717) is 6.54 Å². The summed E-state index contributed by atoms with van der Waals surface area (Å²) in [4.78, 5) is 37.2. The molecule has 0 aromatic rings. The Morgan fingerprint density at radius 3 is 2.50 bits per heavy atom. The molecule has 100 valence electrons. The molecule has 0 aromatic heterocycles. The third kappa shape index (κ3) is 2.17. The van der Waals surface area contributed by atoms with Crippen LogP contribution in [0.4, 0.5) is 0 Å². The van der Waals surface area contributed by atoms with Crippen LogP contribution in [0.15, 0.2) is 0 Å². The lowest BCUT2D eigenvalue weighted by atomic mass is 10.1. The minimum Gasteiger partial charge on any atom is -0.480 e. The molecule has 2 heterocycles. The van der Waals surface area contributed by atoms with Gasteiger partial charge in [-0.15, -0.1) is 0 Å². The van der Waals surface area contributed by atoms with Gasteiger partial charge in [-0.05, 0) is 0 Å². The molecule has 7 nitrogen and oxygen atoms in total. The van der Waals surface area contributed by atoms with Crippen molar-refractivity contribution in [1.29, 1.82) is 0 Å². The molecule has 2 fully saturated rings. The van der Waals surface area contributed by atoms with Crippen LogP contribution in [0, 0.1) is 5.92 Å². The predicted octanol–water partition coefficient (Wildman–Crippen LogP) is -1.49. The zero-order valence-electron chi connectivity index (χ0n) is 10.1. The van der Waals surface area contributed by atoms with Gasteiger partial charge in [0.1, 0.15) is 6.04 Å². The van der Waals surface area contributed by atoms with Crippen molar-refractivity contribution in [2.24, 2.45) is 5.92 Å². The molecule has 0 aliphatic carbocycles. The average molecular weight is 256 g/mol. The summed E-state index contributed by atoms with van der Waals surface area (Å²) in [6.45, 7) is 0.348. The lowest BCUT2D eigenvalue weighted by Gasteiger charge is -2.24. The zero-order chi connectivity index (χ0) is 13.4. The standard InChI is InChI=1S/C11H16N2O5/c1-12-4-6(2-9(12)15)10(16)13-5-7(14)3-8(13)11(17)18/h6-8,14H,2-5H2,1H3,(H,17,18). The molecule has 7 heteroatoms. The second-order valence-electron chi connectivity index (χ2n) is 4.91. The van der Waals surface area contributed by atoms with Gasteiger partial charge in [0.05, 0.1) is 12.0 Å². The van der Waals surface area contributed by atoms with Crippen LogP contribution in [-0.2, 0) is 14.4 Å². The van der Waals surface area contributed by atoms with Crippen LogP contribution in [0.3, 0.4) is 0 Å². The highest BCUT2D eigenvalue weighted by atomic mass is 16.4. The molecule has 2 N–H and O–H groups in total. The summed E-state index contributed by atoms with van der Waals surface area (Å²) in [5.74, 6) is -2.07. The Hall–Kier alpha value is -1.63. The van der Waals surface area contributed by atoms with Crippen LogP contribution >= 0.6 is 0 Å². The third-order valence-corrected chi connectivity index (χ3v) is 3.54. The van der Waals surface area contributed by atoms with E-state index in [4.69, 9.17) is 5.11 Å². The number of hydrogen-bond acceptors (Lipinski definition) is 4. The van der Waals surface area contributed by atoms with Crippen LogP contribution in [0.25, 0.3) is 0 Å². The van der Waals surface area contributed by atoms with Gasteiger partial charge in [-0.3, -0.25) is 9.59 Å². The Bertz CT molecular complexity index is 397. The number of aliphatic carboxylic acids is 1. The molecule has 0 saturated carbocycles. The number of hydrogen-bond donors (Lipinski definition) is 2. The number of amides is 2. The molecule has 0 radical (unpaired) electrons. The third-order valence-electron chi connectivity index (χ3n) is 3.54. The first kappa shape index (κ1) is 12.8. The van der Waals surface area contributed by atoms with E-state index in [1.54, 1.807) is 7.05 Å². The van der Waals surface area contributed by atoms with Crippen molar-refractivity contribution < 1.29 is 24.6 Å². The summed E-state index contributed by atoms with van der Waals surface area (Å²) in [6, 6.07) is -0.978. The number of rotatable bonds is 2. The van der Waals surface area contributed by atoms with Crippen molar-refractivity contribution in [2.75, 3.05) is 20.1 Å². The van der Waals surface area contributed by atoms with E-state index in [-0.39, 0.29) is 31.2 Å². The van der Waals surface area contributed by atoms with Crippen LogP contribution < -0.4 is 0 Å². The Kier molecular flexibility index (Phi) is 3.25. The van der Waals surface area contributed by atoms with Crippen molar-refractivity contribution in [3.63, 3.8) is 0 Å². The van der Waals surface area contributed by atoms with Gasteiger partial charge in [-0.1, -0.05) is 0 Å². The van der Waals surface area contributed by atoms with Crippen molar-refractivity contribution >= 4 is 17.8 Å². The average Bonchev–Trinajstić information content (AvgIpc) is 2.82. The molecule has 0 spiro atoms. The second-order valence-corrected chi connectivity index (χ2v) is 4.91. The van der Waals surface area contributed by atoms with Gasteiger partial charge in [0.25, 0.3) is 0 Å². The summed E-state index contributed by atoms with van der Waals surface area (Å²) in [5, 5.41) is 18.5. The first-order chi connectivity index (χ1) is 8.40. The van der Waals surface area contributed by atoms with Gasteiger partial charge in [0, 0.05) is 33.0 Å². The molecule has 2 saturated heterocycles. The molecule has 2 amide bonds. The highest BCUT2D eigenvalue weighted by Crippen LogP contribution is 2.25. The summed E-state index contributed by atoms with van der Waals surface area (Å²) in [7, 11) is 1.61. The summed E-state index contributed by atoms with van der Waals surface area (Å²) < 4.78 is 0. The highest BCUT2D eigenvalue weighted by molar-refractivity contribution is 5.91. The van der Waals surface area contributed by atoms with E-state index in [1.165, 1.54) is 9.80 Å². The number of β-amino-alcohol motifs (C(OH)–C–C–N with tert-alkyl or cyclic N) is 1. The van der Waals surface area contributed by atoms with E-state index >= 15 is 0 Å². The maximum Gasteiger partial charge on any atom is 0.326 e. The lowest BCUT2D eigenvalue weighted by molar-refractivity contribution is -0.149. The Balaban J connectivity index is 2.09. The SMILES string of the molecule is CN1CC(C(=O)N2CC(O)CC2C(=O)O)CC1=O. The molecule has 0 aromatic carbocycles. The number of carbonyl (C=O) groups excluding carboxylic acids is 2. The number of nitrogens with zero attached hydrogens (tertiary/aromatic N) is 2. The van der Waals surface area contributed by atoms with Crippen LogP contribution in [0.5, 0.6) is 0 Å². The maximum absolute atomic E-state index is 12.2. The Morgan fingerprint density at radius 1 is 1.33 bits per heavy atom. The fourth-order valence-corrected chi connectivity index (χ4v) is 2.55. The molecule has 2 rings (SSSR count). The van der Waals surface area contributed by atoms with Crippen LogP contribution in [0.1, 0.15) is 12.8 Å². The summed E-state index contributed by atoms with van der Waals surface area (Å²) in [5.41, 5.74) is 0. The normalized spacial score (nSPS) is 32.1. The van der Waals surface area contributed by atoms with Crippen molar-refractivity contribution in [3.8, 4) is 0 Å². The summed E-state index contributed by atoms with van der Waals surface area (Å²) >= 11 is 0. The van der Waals surface area contributed by atoms with Crippen LogP contribution in [-0.4, -0.2) is 70.1 Å². The van der Waals surface area contributed by atoms with Gasteiger partial charge in [0.15, 0.2) is 0 Å². The Labute approximate surface area is 104 Å². The molecule has 2 aliphatic heterocycles. The minimum atomic E-state index is -1.11. The van der Waals surface area contributed by atoms with E-state index in [9.17, 15) is 19.5 Å². The van der Waals surface area contributed by atoms with Crippen molar-refractivity contribution in [3.05, 3.63) is 0 Å². The topological polar surface area (TPSA) is 98.2 Å². The molecular formula is C11H16N2O5. The number of likely N-dealkylation sites (tertiary alicyclic amines) is 2. The van der Waals surface area contributed by atoms with Gasteiger partial charge >= 0.3 is 5.97 Å². The fourth-order valence-electron chi connectivity index (χ4n) is 2.55. The minimum absolute atomic E-state index is 0.0319. The first-order valence-corrected chi connectivity index (χ1v) is 5.85. The monoisotopic (exact) mass is 256 g/mol. The van der Waals surface area contributed by atoms with Gasteiger partial charge in [-0.2, -0.15) is 0 Å². The molecule has 0 bridgehead atoms. The maximum atomic E-state index is 12.2. The van der Waals surface area contributed by atoms with Crippen molar-refractivity contribution in [2.45, 2.75) is 25.0 Å². The fraction of sp³-hybridized carbons (Fsp3) is 0.727. The second kappa shape index (κ2) is 4.56. The number of carboxylic acid groups (broad SMARTS) is 1. The number of carbonyl (C=O) groups is 3. The van der Waals surface area contributed by atoms with E-state index in [0.717, 1.165) is 0 Å².